The van der Waals surface area contributed by atoms with Crippen LogP contribution < -0.4 is 4.90 Å². The van der Waals surface area contributed by atoms with Gasteiger partial charge in [-0.05, 0) is 104 Å². The van der Waals surface area contributed by atoms with Crippen LogP contribution in [-0.2, 0) is 5.41 Å². The third kappa shape index (κ3) is 4.60. The van der Waals surface area contributed by atoms with Gasteiger partial charge in [-0.1, -0.05) is 129 Å². The van der Waals surface area contributed by atoms with E-state index in [-0.39, 0.29) is 5.41 Å². The van der Waals surface area contributed by atoms with Crippen molar-refractivity contribution in [3.05, 3.63) is 175 Å². The maximum atomic E-state index is 2.41. The van der Waals surface area contributed by atoms with Gasteiger partial charge in [0.25, 0.3) is 0 Å². The molecule has 0 unspecified atom stereocenters. The van der Waals surface area contributed by atoms with Crippen molar-refractivity contribution in [3.8, 4) is 32.7 Å². The van der Waals surface area contributed by atoms with Gasteiger partial charge in [0.2, 0.25) is 0 Å². The van der Waals surface area contributed by atoms with Gasteiger partial charge in [0, 0.05) is 32.1 Å². The minimum atomic E-state index is -0.0108. The summed E-state index contributed by atoms with van der Waals surface area (Å²) in [6, 6.07) is 59.8. The summed E-state index contributed by atoms with van der Waals surface area (Å²) in [6.07, 6.45) is 0. The van der Waals surface area contributed by atoms with Crippen LogP contribution in [0.5, 0.6) is 0 Å². The molecule has 7 aromatic carbocycles. The molecule has 1 heterocycles. The van der Waals surface area contributed by atoms with Crippen molar-refractivity contribution < 1.29 is 0 Å². The maximum Gasteiger partial charge on any atom is 0.0468 e. The summed E-state index contributed by atoms with van der Waals surface area (Å²) in [5.41, 5.74) is 12.6. The second kappa shape index (κ2) is 10.8. The largest absolute Gasteiger partial charge is 0.310 e. The average molecular weight is 620 g/mol. The highest BCUT2D eigenvalue weighted by atomic mass is 32.1. The van der Waals surface area contributed by atoms with Gasteiger partial charge in [-0.25, -0.2) is 0 Å². The van der Waals surface area contributed by atoms with Gasteiger partial charge in [0.15, 0.2) is 0 Å². The summed E-state index contributed by atoms with van der Waals surface area (Å²) < 4.78 is 1.37. The van der Waals surface area contributed by atoms with E-state index < -0.39 is 0 Å². The predicted molar refractivity (Wildman–Crippen MR) is 202 cm³/mol. The van der Waals surface area contributed by atoms with Crippen molar-refractivity contribution >= 4 is 49.3 Å². The number of fused-ring (bicyclic) bond motifs is 6. The molecule has 0 radical (unpaired) electrons. The van der Waals surface area contributed by atoms with E-state index in [1.165, 1.54) is 64.7 Å². The molecule has 1 nitrogen and oxygen atoms in total. The smallest absolute Gasteiger partial charge is 0.0468 e. The molecule has 8 aromatic rings. The van der Waals surface area contributed by atoms with Gasteiger partial charge in [-0.3, -0.25) is 0 Å². The van der Waals surface area contributed by atoms with Gasteiger partial charge >= 0.3 is 0 Å². The van der Waals surface area contributed by atoms with E-state index in [1.807, 2.05) is 11.3 Å². The zero-order valence-corrected chi connectivity index (χ0v) is 27.3. The monoisotopic (exact) mass is 619 g/mol. The number of rotatable bonds is 5. The number of nitrogens with zero attached hydrogens (tertiary/aromatic N) is 1. The Labute approximate surface area is 280 Å². The summed E-state index contributed by atoms with van der Waals surface area (Å²) in [5.74, 6) is 0. The molecule has 0 saturated carbocycles. The van der Waals surface area contributed by atoms with Crippen molar-refractivity contribution in [2.45, 2.75) is 19.3 Å². The van der Waals surface area contributed by atoms with Gasteiger partial charge < -0.3 is 4.90 Å². The first-order valence-corrected chi connectivity index (χ1v) is 17.1. The fourth-order valence-electron chi connectivity index (χ4n) is 7.45. The zero-order valence-electron chi connectivity index (χ0n) is 26.4. The Morgan fingerprint density at radius 3 is 1.79 bits per heavy atom. The van der Waals surface area contributed by atoms with Gasteiger partial charge in [0.1, 0.15) is 0 Å². The molecule has 0 atom stereocenters. The van der Waals surface area contributed by atoms with E-state index in [9.17, 15) is 0 Å². The van der Waals surface area contributed by atoms with Crippen LogP contribution in [0.1, 0.15) is 25.0 Å². The van der Waals surface area contributed by atoms with Crippen molar-refractivity contribution in [3.63, 3.8) is 0 Å². The molecular weight excluding hydrogens is 587 g/mol. The van der Waals surface area contributed by atoms with Gasteiger partial charge in [0.05, 0.1) is 0 Å². The normalized spacial score (nSPS) is 13.1. The van der Waals surface area contributed by atoms with E-state index in [4.69, 9.17) is 0 Å². The fraction of sp³-hybridized carbons (Fsp3) is 0.0667. The lowest BCUT2D eigenvalue weighted by Crippen LogP contribution is -2.14. The molecule has 0 bridgehead atoms. The highest BCUT2D eigenvalue weighted by Gasteiger charge is 2.38. The molecule has 9 rings (SSSR count). The van der Waals surface area contributed by atoms with Crippen LogP contribution in [-0.4, -0.2) is 0 Å². The van der Waals surface area contributed by atoms with Gasteiger partial charge in [-0.2, -0.15) is 0 Å². The Morgan fingerprint density at radius 2 is 1.04 bits per heavy atom. The molecule has 0 spiro atoms. The lowest BCUT2D eigenvalue weighted by atomic mass is 9.81. The number of thiophene rings is 1. The van der Waals surface area contributed by atoms with E-state index in [0.29, 0.717) is 0 Å². The average Bonchev–Trinajstić information content (AvgIpc) is 3.62. The molecule has 2 heteroatoms. The SMILES string of the molecule is CC1(C)c2ccc(-c3ccc(N(c4ccc(-c5ccccc5)cc4)c4ccc5ccccc5c4)cc3)cc2-c2sc3ccccc3c21. The first kappa shape index (κ1) is 27.8. The van der Waals surface area contributed by atoms with Crippen LogP contribution in [0.4, 0.5) is 17.1 Å². The van der Waals surface area contributed by atoms with E-state index in [1.54, 1.807) is 0 Å². The Morgan fingerprint density at radius 1 is 0.468 bits per heavy atom. The van der Waals surface area contributed by atoms with Crippen molar-refractivity contribution in [2.24, 2.45) is 0 Å². The number of benzene rings is 7. The fourth-order valence-corrected chi connectivity index (χ4v) is 8.84. The molecule has 0 fully saturated rings. The Hall–Kier alpha value is -5.44. The third-order valence-corrected chi connectivity index (χ3v) is 11.0. The number of anilines is 3. The minimum Gasteiger partial charge on any atom is -0.310 e. The maximum absolute atomic E-state index is 2.41. The molecule has 0 aliphatic heterocycles. The molecule has 1 aromatic heterocycles. The summed E-state index contributed by atoms with van der Waals surface area (Å²) in [6.45, 7) is 4.75. The third-order valence-electron chi connectivity index (χ3n) is 9.84. The number of hydrogen-bond acceptors (Lipinski definition) is 2. The van der Waals surface area contributed by atoms with Crippen LogP contribution in [0.15, 0.2) is 164 Å². The molecule has 0 N–H and O–H groups in total. The van der Waals surface area contributed by atoms with Crippen molar-refractivity contribution in [2.75, 3.05) is 4.90 Å². The standard InChI is InChI=1S/C45H33NS/c1-45(2)41-27-21-35(29-40(41)44-43(45)39-14-8-9-15-42(39)47-44)33-18-24-37(25-19-33)46(38-26-20-31-12-6-7-13-34(31)28-38)36-22-16-32(17-23-36)30-10-4-3-5-11-30/h3-29H,1-2H3. The molecule has 0 saturated heterocycles. The Bertz CT molecular complexity index is 2410. The molecule has 1 aliphatic carbocycles. The first-order chi connectivity index (χ1) is 23.0. The lowest BCUT2D eigenvalue weighted by Gasteiger charge is -2.26. The van der Waals surface area contributed by atoms with Crippen LogP contribution in [0.25, 0.3) is 53.6 Å². The lowest BCUT2D eigenvalue weighted by molar-refractivity contribution is 0.667. The molecule has 0 amide bonds. The summed E-state index contributed by atoms with van der Waals surface area (Å²) in [5, 5.41) is 3.87. The highest BCUT2D eigenvalue weighted by molar-refractivity contribution is 7.22. The summed E-state index contributed by atoms with van der Waals surface area (Å²) >= 11 is 1.93. The van der Waals surface area contributed by atoms with Gasteiger partial charge in [-0.15, -0.1) is 11.3 Å². The Kier molecular flexibility index (Phi) is 6.41. The summed E-state index contributed by atoms with van der Waals surface area (Å²) in [4.78, 5) is 3.78. The quantitative estimate of drug-likeness (QED) is 0.185. The van der Waals surface area contributed by atoms with Crippen molar-refractivity contribution in [1.29, 1.82) is 0 Å². The number of hydrogen-bond donors (Lipinski definition) is 0. The van der Waals surface area contributed by atoms with Crippen LogP contribution in [0.2, 0.25) is 0 Å². The van der Waals surface area contributed by atoms with Crippen LogP contribution in [0, 0.1) is 0 Å². The molecule has 47 heavy (non-hydrogen) atoms. The van der Waals surface area contributed by atoms with E-state index in [2.05, 4.69) is 183 Å². The van der Waals surface area contributed by atoms with Crippen LogP contribution in [0.3, 0.4) is 0 Å². The predicted octanol–water partition coefficient (Wildman–Crippen LogP) is 13.2. The van der Waals surface area contributed by atoms with Crippen molar-refractivity contribution in [1.82, 2.24) is 0 Å². The first-order valence-electron chi connectivity index (χ1n) is 16.3. The Balaban J connectivity index is 1.11. The summed E-state index contributed by atoms with van der Waals surface area (Å²) in [7, 11) is 0. The second-order valence-electron chi connectivity index (χ2n) is 13.0. The minimum absolute atomic E-state index is 0.0108. The topological polar surface area (TPSA) is 3.24 Å². The highest BCUT2D eigenvalue weighted by Crippen LogP contribution is 2.56. The second-order valence-corrected chi connectivity index (χ2v) is 14.1. The molecule has 1 aliphatic rings. The van der Waals surface area contributed by atoms with Crippen LogP contribution >= 0.6 is 11.3 Å². The van der Waals surface area contributed by atoms with E-state index in [0.717, 1.165) is 17.1 Å². The molecule has 224 valence electrons. The van der Waals surface area contributed by atoms with E-state index >= 15 is 0 Å². The molecular formula is C45H33NS. The zero-order chi connectivity index (χ0) is 31.5.